The molecule has 1 N–H and O–H groups in total. The zero-order valence-electron chi connectivity index (χ0n) is 16.1. The highest BCUT2D eigenvalue weighted by Crippen LogP contribution is 2.26. The van der Waals surface area contributed by atoms with E-state index in [4.69, 9.17) is 4.74 Å². The van der Waals surface area contributed by atoms with Gasteiger partial charge in [-0.1, -0.05) is 42.5 Å². The lowest BCUT2D eigenvalue weighted by atomic mass is 10.0. The van der Waals surface area contributed by atoms with Crippen LogP contribution in [0.4, 0.5) is 5.69 Å². The highest BCUT2D eigenvalue weighted by Gasteiger charge is 2.29. The molecule has 1 amide bonds. The number of hydrogen-bond acceptors (Lipinski definition) is 4. The van der Waals surface area contributed by atoms with Crippen molar-refractivity contribution in [3.8, 4) is 0 Å². The first kappa shape index (κ1) is 19.8. The molecule has 1 atom stereocenters. The molecule has 1 unspecified atom stereocenters. The van der Waals surface area contributed by atoms with Gasteiger partial charge < -0.3 is 10.1 Å². The van der Waals surface area contributed by atoms with Crippen molar-refractivity contribution < 1.29 is 14.3 Å². The van der Waals surface area contributed by atoms with Gasteiger partial charge in [-0.05, 0) is 62.2 Å². The number of carbonyl (C=O) groups excluding carboxylic acids is 2. The zero-order valence-corrected chi connectivity index (χ0v) is 16.1. The molecule has 0 radical (unpaired) electrons. The number of anilines is 1. The van der Waals surface area contributed by atoms with Crippen molar-refractivity contribution in [1.29, 1.82) is 0 Å². The fraction of sp³-hybridized carbons (Fsp3) is 0.304. The molecule has 146 valence electrons. The van der Waals surface area contributed by atoms with Crippen LogP contribution < -0.4 is 5.32 Å². The zero-order chi connectivity index (χ0) is 19.8. The summed E-state index contributed by atoms with van der Waals surface area (Å²) in [6.45, 7) is 4.00. The van der Waals surface area contributed by atoms with Crippen molar-refractivity contribution in [2.24, 2.45) is 0 Å². The van der Waals surface area contributed by atoms with Gasteiger partial charge in [-0.2, -0.15) is 0 Å². The Morgan fingerprint density at radius 3 is 2.39 bits per heavy atom. The standard InChI is InChI=1S/C23H26N2O3/c1-2-28-21(26)15-12-18-10-13-20(14-11-18)24-23(27)22(25-16-6-7-17-25)19-8-4-3-5-9-19/h3-5,8-15,22H,2,6-7,16-17H2,1H3,(H,24,27)/b15-12+. The maximum absolute atomic E-state index is 13.0. The Labute approximate surface area is 166 Å². The lowest BCUT2D eigenvalue weighted by molar-refractivity contribution is -0.137. The summed E-state index contributed by atoms with van der Waals surface area (Å²) in [7, 11) is 0. The van der Waals surface area contributed by atoms with E-state index in [1.54, 1.807) is 13.0 Å². The highest BCUT2D eigenvalue weighted by atomic mass is 16.5. The number of carbonyl (C=O) groups is 2. The molecule has 1 aliphatic rings. The molecule has 1 fully saturated rings. The average Bonchev–Trinajstić information content (AvgIpc) is 3.23. The second kappa shape index (κ2) is 9.85. The van der Waals surface area contributed by atoms with Crippen LogP contribution in [-0.2, 0) is 14.3 Å². The Morgan fingerprint density at radius 2 is 1.75 bits per heavy atom. The Kier molecular flexibility index (Phi) is 6.98. The van der Waals surface area contributed by atoms with E-state index in [1.807, 2.05) is 54.6 Å². The Balaban J connectivity index is 1.69. The van der Waals surface area contributed by atoms with E-state index < -0.39 is 0 Å². The molecule has 1 heterocycles. The summed E-state index contributed by atoms with van der Waals surface area (Å²) in [5.74, 6) is -0.390. The Hall–Kier alpha value is -2.92. The van der Waals surface area contributed by atoms with E-state index in [9.17, 15) is 9.59 Å². The number of likely N-dealkylation sites (tertiary alicyclic amines) is 1. The average molecular weight is 378 g/mol. The van der Waals surface area contributed by atoms with Crippen LogP contribution in [0.15, 0.2) is 60.7 Å². The van der Waals surface area contributed by atoms with Crippen LogP contribution in [0, 0.1) is 0 Å². The van der Waals surface area contributed by atoms with Crippen LogP contribution in [0.1, 0.15) is 36.9 Å². The third kappa shape index (κ3) is 5.30. The monoisotopic (exact) mass is 378 g/mol. The maximum atomic E-state index is 13.0. The first-order valence-corrected chi connectivity index (χ1v) is 9.72. The molecule has 2 aromatic carbocycles. The molecule has 1 aliphatic heterocycles. The van der Waals surface area contributed by atoms with Gasteiger partial charge in [-0.3, -0.25) is 9.69 Å². The molecule has 5 nitrogen and oxygen atoms in total. The van der Waals surface area contributed by atoms with Crippen LogP contribution in [0.5, 0.6) is 0 Å². The molecular weight excluding hydrogens is 352 g/mol. The predicted octanol–water partition coefficient (Wildman–Crippen LogP) is 4.04. The Morgan fingerprint density at radius 1 is 1.07 bits per heavy atom. The van der Waals surface area contributed by atoms with Crippen LogP contribution in [0.25, 0.3) is 6.08 Å². The molecule has 5 heteroatoms. The van der Waals surface area contributed by atoms with Gasteiger partial charge in [0.05, 0.1) is 6.61 Å². The van der Waals surface area contributed by atoms with Gasteiger partial charge in [0.2, 0.25) is 5.91 Å². The summed E-state index contributed by atoms with van der Waals surface area (Å²) in [5, 5.41) is 3.03. The molecule has 2 aromatic rings. The van der Waals surface area contributed by atoms with Gasteiger partial charge in [-0.25, -0.2) is 4.79 Å². The molecule has 0 bridgehead atoms. The Bertz CT molecular complexity index is 810. The summed E-state index contributed by atoms with van der Waals surface area (Å²) >= 11 is 0. The van der Waals surface area contributed by atoms with E-state index in [-0.39, 0.29) is 17.9 Å². The van der Waals surface area contributed by atoms with Crippen LogP contribution in [0.3, 0.4) is 0 Å². The molecule has 0 saturated carbocycles. The van der Waals surface area contributed by atoms with Crippen LogP contribution >= 0.6 is 0 Å². The molecule has 1 saturated heterocycles. The maximum Gasteiger partial charge on any atom is 0.330 e. The quantitative estimate of drug-likeness (QED) is 0.584. The molecule has 28 heavy (non-hydrogen) atoms. The van der Waals surface area contributed by atoms with E-state index in [0.29, 0.717) is 6.61 Å². The van der Waals surface area contributed by atoms with Gasteiger partial charge in [0, 0.05) is 11.8 Å². The molecule has 0 spiro atoms. The van der Waals surface area contributed by atoms with Gasteiger partial charge >= 0.3 is 5.97 Å². The van der Waals surface area contributed by atoms with E-state index in [1.165, 1.54) is 6.08 Å². The number of amides is 1. The van der Waals surface area contributed by atoms with Gasteiger partial charge in [0.15, 0.2) is 0 Å². The van der Waals surface area contributed by atoms with Crippen molar-refractivity contribution >= 4 is 23.6 Å². The van der Waals surface area contributed by atoms with Gasteiger partial charge in [0.25, 0.3) is 0 Å². The lowest BCUT2D eigenvalue weighted by Gasteiger charge is -2.27. The molecule has 3 rings (SSSR count). The third-order valence-electron chi connectivity index (χ3n) is 4.75. The summed E-state index contributed by atoms with van der Waals surface area (Å²) in [6, 6.07) is 17.0. The molecule has 0 aromatic heterocycles. The second-order valence-electron chi connectivity index (χ2n) is 6.75. The van der Waals surface area contributed by atoms with Crippen molar-refractivity contribution in [2.45, 2.75) is 25.8 Å². The van der Waals surface area contributed by atoms with E-state index in [2.05, 4.69) is 10.2 Å². The fourth-order valence-electron chi connectivity index (χ4n) is 3.41. The molecular formula is C23H26N2O3. The number of nitrogens with zero attached hydrogens (tertiary/aromatic N) is 1. The number of ether oxygens (including phenoxy) is 1. The first-order chi connectivity index (χ1) is 13.7. The third-order valence-corrected chi connectivity index (χ3v) is 4.75. The number of esters is 1. The number of rotatable bonds is 7. The highest BCUT2D eigenvalue weighted by molar-refractivity contribution is 5.95. The van der Waals surface area contributed by atoms with Crippen molar-refractivity contribution in [3.63, 3.8) is 0 Å². The van der Waals surface area contributed by atoms with E-state index >= 15 is 0 Å². The number of hydrogen-bond donors (Lipinski definition) is 1. The van der Waals surface area contributed by atoms with Crippen molar-refractivity contribution in [1.82, 2.24) is 4.90 Å². The smallest absolute Gasteiger partial charge is 0.330 e. The topological polar surface area (TPSA) is 58.6 Å². The lowest BCUT2D eigenvalue weighted by Crippen LogP contribution is -2.35. The second-order valence-corrected chi connectivity index (χ2v) is 6.75. The molecule has 0 aliphatic carbocycles. The minimum Gasteiger partial charge on any atom is -0.463 e. The normalized spacial score (nSPS) is 15.5. The van der Waals surface area contributed by atoms with Gasteiger partial charge in [-0.15, -0.1) is 0 Å². The fourth-order valence-corrected chi connectivity index (χ4v) is 3.41. The summed E-state index contributed by atoms with van der Waals surface area (Å²) in [6.07, 6.45) is 5.34. The summed E-state index contributed by atoms with van der Waals surface area (Å²) in [4.78, 5) is 26.7. The van der Waals surface area contributed by atoms with Gasteiger partial charge in [0.1, 0.15) is 6.04 Å². The largest absolute Gasteiger partial charge is 0.463 e. The minimum atomic E-state index is -0.365. The summed E-state index contributed by atoms with van der Waals surface area (Å²) in [5.41, 5.74) is 2.61. The van der Waals surface area contributed by atoms with Crippen LogP contribution in [0.2, 0.25) is 0 Å². The number of nitrogens with one attached hydrogen (secondary N) is 1. The van der Waals surface area contributed by atoms with Crippen LogP contribution in [-0.4, -0.2) is 36.5 Å². The predicted molar refractivity (Wildman–Crippen MR) is 111 cm³/mol. The van der Waals surface area contributed by atoms with Crippen molar-refractivity contribution in [3.05, 3.63) is 71.8 Å². The first-order valence-electron chi connectivity index (χ1n) is 9.72. The van der Waals surface area contributed by atoms with E-state index in [0.717, 1.165) is 42.7 Å². The summed E-state index contributed by atoms with van der Waals surface area (Å²) < 4.78 is 4.87. The minimum absolute atomic E-state index is 0.0251. The number of benzene rings is 2. The SMILES string of the molecule is CCOC(=O)/C=C/c1ccc(NC(=O)C(c2ccccc2)N2CCCC2)cc1. The van der Waals surface area contributed by atoms with Crippen molar-refractivity contribution in [2.75, 3.05) is 25.0 Å².